The van der Waals surface area contributed by atoms with Gasteiger partial charge >= 0.3 is 0 Å². The second kappa shape index (κ2) is 6.57. The molecule has 0 N–H and O–H groups in total. The summed E-state index contributed by atoms with van der Waals surface area (Å²) in [5.74, 6) is 0. The highest BCUT2D eigenvalue weighted by molar-refractivity contribution is 7.01. The zero-order valence-corrected chi connectivity index (χ0v) is 19.0. The van der Waals surface area contributed by atoms with Crippen LogP contribution in [0.25, 0.3) is 11.1 Å². The van der Waals surface area contributed by atoms with Gasteiger partial charge in [-0.3, -0.25) is 0 Å². The molecule has 0 amide bonds. The third-order valence-corrected chi connectivity index (χ3v) is 11.8. The summed E-state index contributed by atoms with van der Waals surface area (Å²) in [7, 11) is -1.79. The van der Waals surface area contributed by atoms with Crippen LogP contribution >= 0.6 is 0 Å². The summed E-state index contributed by atoms with van der Waals surface area (Å²) < 4.78 is 0. The molecule has 2 aromatic rings. The number of benzene rings is 2. The van der Waals surface area contributed by atoms with E-state index in [0.29, 0.717) is 0 Å². The first kappa shape index (κ1) is 17.9. The molecule has 0 unspecified atom stereocenters. The Morgan fingerprint density at radius 1 is 0.586 bits per heavy atom. The molecule has 148 valence electrons. The maximum absolute atomic E-state index is 2.63. The minimum absolute atomic E-state index is 1.23. The zero-order valence-electron chi connectivity index (χ0n) is 18.0. The summed E-state index contributed by atoms with van der Waals surface area (Å²) in [6.07, 6.45) is 13.3. The Balaban J connectivity index is 1.53. The van der Waals surface area contributed by atoms with Crippen molar-refractivity contribution in [1.29, 1.82) is 0 Å². The molecule has 0 nitrogen and oxygen atoms in total. The van der Waals surface area contributed by atoms with E-state index < -0.39 is 8.07 Å². The average Bonchev–Trinajstić information content (AvgIpc) is 3.31. The molecule has 0 heterocycles. The number of hydrogen-bond acceptors (Lipinski definition) is 0. The van der Waals surface area contributed by atoms with Crippen LogP contribution in [0.2, 0.25) is 13.1 Å². The van der Waals surface area contributed by atoms with E-state index in [1.165, 1.54) is 64.2 Å². The fraction of sp³-hybridized carbons (Fsp3) is 0.429. The van der Waals surface area contributed by atoms with Gasteiger partial charge in [0.25, 0.3) is 0 Å². The Morgan fingerprint density at radius 3 is 1.52 bits per heavy atom. The summed E-state index contributed by atoms with van der Waals surface area (Å²) in [5.41, 5.74) is 13.6. The van der Waals surface area contributed by atoms with Crippen LogP contribution in [0.1, 0.15) is 73.6 Å². The van der Waals surface area contributed by atoms with Crippen molar-refractivity contribution in [2.24, 2.45) is 0 Å². The van der Waals surface area contributed by atoms with E-state index in [4.69, 9.17) is 0 Å². The van der Waals surface area contributed by atoms with Gasteiger partial charge in [-0.05, 0) is 108 Å². The summed E-state index contributed by atoms with van der Waals surface area (Å²) in [5, 5.41) is 3.42. The zero-order chi connectivity index (χ0) is 19.6. The largest absolute Gasteiger partial charge is 0.113 e. The molecule has 4 aliphatic carbocycles. The molecule has 2 aromatic carbocycles. The summed E-state index contributed by atoms with van der Waals surface area (Å²) in [6, 6.07) is 14.5. The molecule has 0 aromatic heterocycles. The standard InChI is InChI=1S/C28H32Si/c1-29(2,25-15-7-11-21-17-19-9-3-5-13-23(19)27(21)25)26-16-8-12-22-18-20-10-4-6-14-24(20)28(22)26/h7-8,11-12,15-16H,3-6,9-10,13-14,17-18H2,1-2H3. The number of allylic oxidation sites excluding steroid dienone is 4. The number of fused-ring (bicyclic) bond motifs is 4. The van der Waals surface area contributed by atoms with Crippen LogP contribution in [0.5, 0.6) is 0 Å². The maximum atomic E-state index is 2.63. The Labute approximate surface area is 176 Å². The van der Waals surface area contributed by atoms with Crippen molar-refractivity contribution in [2.45, 2.75) is 77.3 Å². The second-order valence-corrected chi connectivity index (χ2v) is 14.6. The molecule has 0 fully saturated rings. The van der Waals surface area contributed by atoms with Gasteiger partial charge in [-0.15, -0.1) is 0 Å². The fourth-order valence-corrected chi connectivity index (χ4v) is 9.97. The average molecular weight is 397 g/mol. The lowest BCUT2D eigenvalue weighted by Gasteiger charge is -2.31. The highest BCUT2D eigenvalue weighted by Crippen LogP contribution is 2.43. The third-order valence-electron chi connectivity index (χ3n) is 8.22. The molecule has 0 spiro atoms. The Bertz CT molecular complexity index is 994. The van der Waals surface area contributed by atoms with Gasteiger partial charge in [0.1, 0.15) is 8.07 Å². The molecular weight excluding hydrogens is 364 g/mol. The second-order valence-electron chi connectivity index (χ2n) is 10.2. The summed E-state index contributed by atoms with van der Waals surface area (Å²) >= 11 is 0. The molecule has 4 aliphatic rings. The van der Waals surface area contributed by atoms with Crippen molar-refractivity contribution < 1.29 is 0 Å². The van der Waals surface area contributed by atoms with Crippen molar-refractivity contribution in [1.82, 2.24) is 0 Å². The number of hydrogen-bond donors (Lipinski definition) is 0. The first-order valence-electron chi connectivity index (χ1n) is 11.8. The minimum Gasteiger partial charge on any atom is -0.0620 e. The van der Waals surface area contributed by atoms with Crippen molar-refractivity contribution in [2.75, 3.05) is 0 Å². The van der Waals surface area contributed by atoms with Crippen LogP contribution in [0, 0.1) is 0 Å². The van der Waals surface area contributed by atoms with E-state index in [1.807, 2.05) is 0 Å². The Kier molecular flexibility index (Phi) is 4.07. The van der Waals surface area contributed by atoms with Crippen LogP contribution in [-0.4, -0.2) is 8.07 Å². The lowest BCUT2D eigenvalue weighted by molar-refractivity contribution is 0.711. The Morgan fingerprint density at radius 2 is 1.03 bits per heavy atom. The normalized spacial score (nSPS) is 20.5. The molecule has 1 heteroatoms. The molecule has 0 saturated carbocycles. The lowest BCUT2D eigenvalue weighted by Crippen LogP contribution is -2.55. The van der Waals surface area contributed by atoms with Gasteiger partial charge in [0, 0.05) is 0 Å². The van der Waals surface area contributed by atoms with Crippen molar-refractivity contribution in [3.63, 3.8) is 0 Å². The highest BCUT2D eigenvalue weighted by atomic mass is 28.3. The first-order valence-corrected chi connectivity index (χ1v) is 14.8. The van der Waals surface area contributed by atoms with Crippen LogP contribution in [0.3, 0.4) is 0 Å². The van der Waals surface area contributed by atoms with Crippen LogP contribution in [0.15, 0.2) is 47.5 Å². The van der Waals surface area contributed by atoms with Crippen LogP contribution < -0.4 is 10.4 Å². The van der Waals surface area contributed by atoms with E-state index in [-0.39, 0.29) is 0 Å². The maximum Gasteiger partial charge on any atom is 0.113 e. The van der Waals surface area contributed by atoms with Gasteiger partial charge in [0.15, 0.2) is 0 Å². The molecule has 29 heavy (non-hydrogen) atoms. The van der Waals surface area contributed by atoms with Crippen LogP contribution in [0.4, 0.5) is 0 Å². The van der Waals surface area contributed by atoms with E-state index in [0.717, 1.165) is 0 Å². The van der Waals surface area contributed by atoms with E-state index in [1.54, 1.807) is 54.9 Å². The highest BCUT2D eigenvalue weighted by Gasteiger charge is 2.37. The predicted octanol–water partition coefficient (Wildman–Crippen LogP) is 6.28. The molecule has 0 atom stereocenters. The minimum atomic E-state index is -1.79. The van der Waals surface area contributed by atoms with Gasteiger partial charge < -0.3 is 0 Å². The Hall–Kier alpha value is -1.86. The SMILES string of the molecule is C[Si](C)(c1cccc2c1C1=C(CCCC1)C2)c1cccc2c1C1=C(CCCC1)C2. The fourth-order valence-electron chi connectivity index (χ4n) is 6.78. The molecule has 0 aliphatic heterocycles. The van der Waals surface area contributed by atoms with Crippen molar-refractivity contribution in [3.05, 3.63) is 69.8 Å². The molecule has 0 bridgehead atoms. The molecule has 0 saturated heterocycles. The van der Waals surface area contributed by atoms with Crippen LogP contribution in [-0.2, 0) is 12.8 Å². The quantitative estimate of drug-likeness (QED) is 0.524. The molecular formula is C28H32Si. The monoisotopic (exact) mass is 396 g/mol. The van der Waals surface area contributed by atoms with Gasteiger partial charge in [-0.1, -0.05) is 60.6 Å². The molecule has 6 rings (SSSR count). The van der Waals surface area contributed by atoms with E-state index in [2.05, 4.69) is 49.5 Å². The predicted molar refractivity (Wildman–Crippen MR) is 128 cm³/mol. The summed E-state index contributed by atoms with van der Waals surface area (Å²) in [6.45, 7) is 5.25. The lowest BCUT2D eigenvalue weighted by atomic mass is 9.92. The van der Waals surface area contributed by atoms with Crippen molar-refractivity contribution in [3.8, 4) is 0 Å². The van der Waals surface area contributed by atoms with Gasteiger partial charge in [-0.25, -0.2) is 0 Å². The topological polar surface area (TPSA) is 0 Å². The van der Waals surface area contributed by atoms with E-state index >= 15 is 0 Å². The first-order chi connectivity index (χ1) is 14.1. The van der Waals surface area contributed by atoms with Gasteiger partial charge in [0.05, 0.1) is 0 Å². The third kappa shape index (κ3) is 2.63. The summed E-state index contributed by atoms with van der Waals surface area (Å²) in [4.78, 5) is 0. The molecule has 0 radical (unpaired) electrons. The smallest absolute Gasteiger partial charge is 0.0620 e. The van der Waals surface area contributed by atoms with E-state index in [9.17, 15) is 0 Å². The van der Waals surface area contributed by atoms with Gasteiger partial charge in [-0.2, -0.15) is 0 Å². The van der Waals surface area contributed by atoms with Gasteiger partial charge in [0.2, 0.25) is 0 Å². The van der Waals surface area contributed by atoms with Crippen molar-refractivity contribution >= 4 is 29.6 Å². The number of rotatable bonds is 2.